The number of esters is 1. The fraction of sp³-hybridized carbons (Fsp3) is 0.167. The molecule has 6 nitrogen and oxygen atoms in total. The van der Waals surface area contributed by atoms with Crippen molar-refractivity contribution >= 4 is 23.7 Å². The lowest BCUT2D eigenvalue weighted by Crippen LogP contribution is -2.03. The second-order valence-electron chi connectivity index (χ2n) is 5.11. The van der Waals surface area contributed by atoms with Crippen LogP contribution in [0.15, 0.2) is 51.5 Å². The van der Waals surface area contributed by atoms with Crippen molar-refractivity contribution in [3.8, 4) is 11.3 Å². The number of rotatable bonds is 4. The minimum absolute atomic E-state index is 0.335. The first-order chi connectivity index (χ1) is 11.6. The molecule has 6 heteroatoms. The maximum absolute atomic E-state index is 11.6. The van der Waals surface area contributed by atoms with Gasteiger partial charge < -0.3 is 14.0 Å². The summed E-state index contributed by atoms with van der Waals surface area (Å²) in [5, 5.41) is 3.61. The number of carbonyl (C=O) groups is 2. The molecule has 0 unspecified atom stereocenters. The van der Waals surface area contributed by atoms with Crippen LogP contribution >= 0.6 is 0 Å². The summed E-state index contributed by atoms with van der Waals surface area (Å²) in [6, 6.07) is 10.5. The Labute approximate surface area is 138 Å². The summed E-state index contributed by atoms with van der Waals surface area (Å²) in [6.07, 6.45) is 1.59. The van der Waals surface area contributed by atoms with Gasteiger partial charge in [0.05, 0.1) is 23.5 Å². The zero-order valence-electron chi connectivity index (χ0n) is 13.2. The third kappa shape index (κ3) is 3.12. The van der Waals surface area contributed by atoms with Gasteiger partial charge in [-0.1, -0.05) is 17.3 Å². The van der Waals surface area contributed by atoms with E-state index in [4.69, 9.17) is 9.15 Å². The number of carbonyl (C=O) groups excluding carboxylic acids is 2. The number of benzene rings is 1. The maximum Gasteiger partial charge on any atom is 0.367 e. The SMILES string of the molecule is CCOC(=O)c1ccc(-c2ccc(/C=C3/C(=O)ON=C3C)o2)cc1. The Balaban J connectivity index is 1.81. The lowest BCUT2D eigenvalue weighted by Gasteiger charge is -2.02. The van der Waals surface area contributed by atoms with Crippen LogP contribution in [0.1, 0.15) is 30.0 Å². The summed E-state index contributed by atoms with van der Waals surface area (Å²) in [7, 11) is 0. The highest BCUT2D eigenvalue weighted by molar-refractivity contribution is 6.24. The highest BCUT2D eigenvalue weighted by Crippen LogP contribution is 2.25. The van der Waals surface area contributed by atoms with E-state index in [2.05, 4.69) is 9.99 Å². The molecular formula is C18H15NO5. The molecule has 0 fully saturated rings. The first-order valence-electron chi connectivity index (χ1n) is 7.44. The van der Waals surface area contributed by atoms with E-state index in [-0.39, 0.29) is 5.97 Å². The number of hydrogen-bond donors (Lipinski definition) is 0. The Morgan fingerprint density at radius 1 is 1.21 bits per heavy atom. The van der Waals surface area contributed by atoms with Crippen molar-refractivity contribution in [2.45, 2.75) is 13.8 Å². The van der Waals surface area contributed by atoms with Gasteiger partial charge in [-0.25, -0.2) is 9.59 Å². The van der Waals surface area contributed by atoms with Crippen molar-refractivity contribution in [2.75, 3.05) is 6.61 Å². The van der Waals surface area contributed by atoms with Gasteiger partial charge in [0.25, 0.3) is 0 Å². The molecular weight excluding hydrogens is 310 g/mol. The lowest BCUT2D eigenvalue weighted by molar-refractivity contribution is -0.136. The van der Waals surface area contributed by atoms with Crippen molar-refractivity contribution in [3.63, 3.8) is 0 Å². The molecule has 0 saturated carbocycles. The van der Waals surface area contributed by atoms with E-state index in [0.29, 0.717) is 35.0 Å². The van der Waals surface area contributed by atoms with E-state index in [1.54, 1.807) is 56.3 Å². The Morgan fingerprint density at radius 2 is 1.96 bits per heavy atom. The second kappa shape index (κ2) is 6.54. The minimum Gasteiger partial charge on any atom is -0.462 e. The molecule has 0 aliphatic carbocycles. The molecule has 122 valence electrons. The summed E-state index contributed by atoms with van der Waals surface area (Å²) in [6.45, 7) is 3.79. The van der Waals surface area contributed by atoms with Crippen molar-refractivity contribution in [1.29, 1.82) is 0 Å². The predicted octanol–water partition coefficient (Wildman–Crippen LogP) is 3.44. The third-order valence-electron chi connectivity index (χ3n) is 3.47. The Bertz CT molecular complexity index is 843. The maximum atomic E-state index is 11.6. The Kier molecular flexibility index (Phi) is 4.29. The van der Waals surface area contributed by atoms with Gasteiger partial charge in [0, 0.05) is 5.56 Å². The van der Waals surface area contributed by atoms with E-state index >= 15 is 0 Å². The molecule has 0 N–H and O–H groups in total. The van der Waals surface area contributed by atoms with Gasteiger partial charge in [0.2, 0.25) is 0 Å². The first-order valence-corrected chi connectivity index (χ1v) is 7.44. The van der Waals surface area contributed by atoms with Gasteiger partial charge in [-0.2, -0.15) is 0 Å². The molecule has 1 aromatic heterocycles. The summed E-state index contributed by atoms with van der Waals surface area (Å²) >= 11 is 0. The third-order valence-corrected chi connectivity index (χ3v) is 3.47. The van der Waals surface area contributed by atoms with Gasteiger partial charge in [-0.05, 0) is 44.2 Å². The van der Waals surface area contributed by atoms with Crippen LogP contribution in [-0.2, 0) is 14.4 Å². The van der Waals surface area contributed by atoms with Crippen LogP contribution in [0, 0.1) is 0 Å². The van der Waals surface area contributed by atoms with E-state index in [1.807, 2.05) is 0 Å². The van der Waals surface area contributed by atoms with Gasteiger partial charge >= 0.3 is 11.9 Å². The monoisotopic (exact) mass is 325 g/mol. The molecule has 1 aromatic carbocycles. The van der Waals surface area contributed by atoms with Crippen LogP contribution in [0.2, 0.25) is 0 Å². The fourth-order valence-electron chi connectivity index (χ4n) is 2.23. The highest BCUT2D eigenvalue weighted by atomic mass is 16.7. The summed E-state index contributed by atoms with van der Waals surface area (Å²) < 4.78 is 10.7. The number of ether oxygens (including phenoxy) is 1. The number of furan rings is 1. The van der Waals surface area contributed by atoms with E-state index in [0.717, 1.165) is 5.56 Å². The molecule has 0 amide bonds. The largest absolute Gasteiger partial charge is 0.462 e. The van der Waals surface area contributed by atoms with E-state index in [1.165, 1.54) is 0 Å². The van der Waals surface area contributed by atoms with E-state index < -0.39 is 5.97 Å². The van der Waals surface area contributed by atoms with Crippen molar-refractivity contribution in [3.05, 3.63) is 53.3 Å². The van der Waals surface area contributed by atoms with Crippen molar-refractivity contribution in [1.82, 2.24) is 0 Å². The molecule has 0 radical (unpaired) electrons. The molecule has 0 spiro atoms. The average molecular weight is 325 g/mol. The van der Waals surface area contributed by atoms with Crippen LogP contribution in [0.5, 0.6) is 0 Å². The van der Waals surface area contributed by atoms with Gasteiger partial charge in [-0.15, -0.1) is 0 Å². The molecule has 24 heavy (non-hydrogen) atoms. The molecule has 2 aromatic rings. The number of hydrogen-bond acceptors (Lipinski definition) is 6. The molecule has 1 aliphatic heterocycles. The Morgan fingerprint density at radius 3 is 2.58 bits per heavy atom. The first kappa shape index (κ1) is 15.7. The highest BCUT2D eigenvalue weighted by Gasteiger charge is 2.22. The fourth-order valence-corrected chi connectivity index (χ4v) is 2.23. The van der Waals surface area contributed by atoms with Crippen molar-refractivity contribution < 1.29 is 23.6 Å². The topological polar surface area (TPSA) is 78.1 Å². The van der Waals surface area contributed by atoms with Crippen LogP contribution in [0.4, 0.5) is 0 Å². The smallest absolute Gasteiger partial charge is 0.367 e. The Hall–Kier alpha value is -3.15. The quantitative estimate of drug-likeness (QED) is 0.489. The summed E-state index contributed by atoms with van der Waals surface area (Å²) in [5.74, 6) is 0.286. The molecule has 3 rings (SSSR count). The number of nitrogens with zero attached hydrogens (tertiary/aromatic N) is 1. The van der Waals surface area contributed by atoms with Crippen LogP contribution < -0.4 is 0 Å². The molecule has 1 aliphatic rings. The predicted molar refractivity (Wildman–Crippen MR) is 87.3 cm³/mol. The average Bonchev–Trinajstić information content (AvgIpc) is 3.17. The normalized spacial score (nSPS) is 15.3. The van der Waals surface area contributed by atoms with E-state index in [9.17, 15) is 9.59 Å². The molecule has 0 saturated heterocycles. The van der Waals surface area contributed by atoms with Gasteiger partial charge in [0.1, 0.15) is 11.5 Å². The minimum atomic E-state index is -0.496. The zero-order valence-corrected chi connectivity index (χ0v) is 13.2. The summed E-state index contributed by atoms with van der Waals surface area (Å²) in [5.41, 5.74) is 2.17. The van der Waals surface area contributed by atoms with Crippen LogP contribution in [0.3, 0.4) is 0 Å². The zero-order chi connectivity index (χ0) is 17.1. The summed E-state index contributed by atoms with van der Waals surface area (Å²) in [4.78, 5) is 27.8. The van der Waals surface area contributed by atoms with Gasteiger partial charge in [-0.3, -0.25) is 0 Å². The molecule has 0 bridgehead atoms. The standard InChI is InChI=1S/C18H15NO5/c1-3-22-17(20)13-6-4-12(5-7-13)16-9-8-14(23-16)10-15-11(2)19-24-18(15)21/h4-10H,3H2,1-2H3/b15-10+. The lowest BCUT2D eigenvalue weighted by atomic mass is 10.1. The van der Waals surface area contributed by atoms with Crippen LogP contribution in [-0.4, -0.2) is 24.3 Å². The second-order valence-corrected chi connectivity index (χ2v) is 5.11. The van der Waals surface area contributed by atoms with Crippen LogP contribution in [0.25, 0.3) is 17.4 Å². The molecule has 0 atom stereocenters. The van der Waals surface area contributed by atoms with Crippen molar-refractivity contribution in [2.24, 2.45) is 5.16 Å². The molecule has 2 heterocycles. The number of oxime groups is 1. The van der Waals surface area contributed by atoms with Gasteiger partial charge in [0.15, 0.2) is 0 Å².